The summed E-state index contributed by atoms with van der Waals surface area (Å²) in [6.07, 6.45) is 9.54. The van der Waals surface area contributed by atoms with Crippen LogP contribution in [0, 0.1) is 5.92 Å². The van der Waals surface area contributed by atoms with E-state index in [0.717, 1.165) is 51.5 Å². The second-order valence-electron chi connectivity index (χ2n) is 6.14. The number of allylic oxidation sites excluding steroid dienone is 2. The van der Waals surface area contributed by atoms with Crippen molar-refractivity contribution in [3.05, 3.63) is 11.3 Å². The molecular weight excluding hydrogens is 250 g/mol. The van der Waals surface area contributed by atoms with E-state index in [4.69, 9.17) is 5.73 Å². The predicted molar refractivity (Wildman–Crippen MR) is 83.4 cm³/mol. The molecule has 2 rings (SSSR count). The molecule has 0 amide bonds. The van der Waals surface area contributed by atoms with E-state index in [0.29, 0.717) is 5.92 Å². The van der Waals surface area contributed by atoms with E-state index in [1.165, 1.54) is 24.3 Å². The van der Waals surface area contributed by atoms with Crippen LogP contribution >= 0.6 is 0 Å². The molecule has 0 saturated heterocycles. The summed E-state index contributed by atoms with van der Waals surface area (Å²) in [5, 5.41) is 14.4. The first-order chi connectivity index (χ1) is 9.72. The Kier molecular flexibility index (Phi) is 6.05. The number of rotatable bonds is 5. The number of hydrogen-bond donors (Lipinski definition) is 3. The lowest BCUT2D eigenvalue weighted by molar-refractivity contribution is 0.142. The third-order valence-electron chi connectivity index (χ3n) is 4.58. The van der Waals surface area contributed by atoms with E-state index in [1.54, 1.807) is 5.57 Å². The SMILES string of the molecule is CC1=NNC(CCCCCN)=C2CCCC(O)CCC12. The lowest BCUT2D eigenvalue weighted by atomic mass is 9.80. The predicted octanol–water partition coefficient (Wildman–Crippen LogP) is 2.68. The van der Waals surface area contributed by atoms with Gasteiger partial charge in [0.1, 0.15) is 0 Å². The minimum absolute atomic E-state index is 0.118. The quantitative estimate of drug-likeness (QED) is 0.678. The Labute approximate surface area is 122 Å². The van der Waals surface area contributed by atoms with Crippen molar-refractivity contribution in [1.82, 2.24) is 5.43 Å². The van der Waals surface area contributed by atoms with Gasteiger partial charge in [-0.25, -0.2) is 0 Å². The molecule has 20 heavy (non-hydrogen) atoms. The highest BCUT2D eigenvalue weighted by atomic mass is 16.3. The van der Waals surface area contributed by atoms with Crippen LogP contribution in [0.2, 0.25) is 0 Å². The molecule has 2 unspecified atom stereocenters. The third-order valence-corrected chi connectivity index (χ3v) is 4.58. The van der Waals surface area contributed by atoms with Crippen molar-refractivity contribution in [2.45, 2.75) is 70.8 Å². The summed E-state index contributed by atoms with van der Waals surface area (Å²) in [4.78, 5) is 0. The summed E-state index contributed by atoms with van der Waals surface area (Å²) >= 11 is 0. The second kappa shape index (κ2) is 7.79. The van der Waals surface area contributed by atoms with Crippen molar-refractivity contribution in [3.8, 4) is 0 Å². The molecule has 0 aromatic rings. The van der Waals surface area contributed by atoms with Gasteiger partial charge in [-0.05, 0) is 70.4 Å². The smallest absolute Gasteiger partial charge is 0.0540 e. The molecule has 0 radical (unpaired) electrons. The Morgan fingerprint density at radius 2 is 2.10 bits per heavy atom. The molecule has 0 aromatic carbocycles. The van der Waals surface area contributed by atoms with Gasteiger partial charge < -0.3 is 10.8 Å². The maximum atomic E-state index is 9.87. The van der Waals surface area contributed by atoms with Gasteiger partial charge in [0.2, 0.25) is 0 Å². The van der Waals surface area contributed by atoms with Gasteiger partial charge in [0.05, 0.1) is 6.10 Å². The first-order valence-corrected chi connectivity index (χ1v) is 8.12. The summed E-state index contributed by atoms with van der Waals surface area (Å²) < 4.78 is 0. The molecule has 1 heterocycles. The Hall–Kier alpha value is -0.870. The fourth-order valence-electron chi connectivity index (χ4n) is 3.35. The van der Waals surface area contributed by atoms with Gasteiger partial charge in [-0.3, -0.25) is 5.43 Å². The molecule has 4 heteroatoms. The highest BCUT2D eigenvalue weighted by Gasteiger charge is 2.27. The number of hydrogen-bond acceptors (Lipinski definition) is 4. The number of fused-ring (bicyclic) bond motifs is 1. The fraction of sp³-hybridized carbons (Fsp3) is 0.812. The Morgan fingerprint density at radius 3 is 2.90 bits per heavy atom. The summed E-state index contributed by atoms with van der Waals surface area (Å²) in [5.41, 5.74) is 12.9. The molecule has 114 valence electrons. The van der Waals surface area contributed by atoms with Crippen molar-refractivity contribution in [2.24, 2.45) is 16.8 Å². The van der Waals surface area contributed by atoms with Crippen LogP contribution in [0.5, 0.6) is 0 Å². The van der Waals surface area contributed by atoms with Crippen molar-refractivity contribution in [3.63, 3.8) is 0 Å². The van der Waals surface area contributed by atoms with Crippen LogP contribution in [0.3, 0.4) is 0 Å². The van der Waals surface area contributed by atoms with Gasteiger partial charge in [-0.1, -0.05) is 6.42 Å². The van der Waals surface area contributed by atoms with Crippen LogP contribution in [-0.2, 0) is 0 Å². The number of nitrogens with zero attached hydrogens (tertiary/aromatic N) is 1. The highest BCUT2D eigenvalue weighted by Crippen LogP contribution is 2.33. The average molecular weight is 279 g/mol. The molecule has 2 atom stereocenters. The van der Waals surface area contributed by atoms with Gasteiger partial charge >= 0.3 is 0 Å². The van der Waals surface area contributed by atoms with E-state index in [9.17, 15) is 5.11 Å². The van der Waals surface area contributed by atoms with E-state index >= 15 is 0 Å². The van der Waals surface area contributed by atoms with Crippen LogP contribution < -0.4 is 11.2 Å². The summed E-state index contributed by atoms with van der Waals surface area (Å²) in [6.45, 7) is 2.90. The average Bonchev–Trinajstić information content (AvgIpc) is 2.42. The summed E-state index contributed by atoms with van der Waals surface area (Å²) in [5.74, 6) is 0.454. The largest absolute Gasteiger partial charge is 0.393 e. The van der Waals surface area contributed by atoms with Gasteiger partial charge in [0.15, 0.2) is 0 Å². The van der Waals surface area contributed by atoms with Crippen LogP contribution in [0.15, 0.2) is 16.4 Å². The summed E-state index contributed by atoms with van der Waals surface area (Å²) in [7, 11) is 0. The molecule has 4 N–H and O–H groups in total. The maximum Gasteiger partial charge on any atom is 0.0540 e. The Balaban J connectivity index is 2.02. The van der Waals surface area contributed by atoms with Crippen LogP contribution in [-0.4, -0.2) is 23.5 Å². The van der Waals surface area contributed by atoms with Gasteiger partial charge in [-0.15, -0.1) is 0 Å². The number of unbranched alkanes of at least 4 members (excludes halogenated alkanes) is 2. The number of aliphatic hydroxyl groups excluding tert-OH is 1. The zero-order chi connectivity index (χ0) is 14.4. The normalized spacial score (nSPS) is 27.2. The standard InChI is InChI=1S/C16H29N3O/c1-12-14-10-9-13(20)6-5-7-15(14)16(19-18-12)8-3-2-4-11-17/h13-14,19-20H,2-11,17H2,1H3. The monoisotopic (exact) mass is 279 g/mol. The maximum absolute atomic E-state index is 9.87. The van der Waals surface area contributed by atoms with E-state index in [2.05, 4.69) is 17.5 Å². The molecule has 0 aromatic heterocycles. The Morgan fingerprint density at radius 1 is 1.25 bits per heavy atom. The fourth-order valence-corrected chi connectivity index (χ4v) is 3.35. The first-order valence-electron chi connectivity index (χ1n) is 8.12. The van der Waals surface area contributed by atoms with Crippen molar-refractivity contribution in [1.29, 1.82) is 0 Å². The molecule has 1 saturated carbocycles. The van der Waals surface area contributed by atoms with Crippen molar-refractivity contribution < 1.29 is 5.11 Å². The minimum Gasteiger partial charge on any atom is -0.393 e. The molecule has 1 aliphatic heterocycles. The van der Waals surface area contributed by atoms with Gasteiger partial charge in [-0.2, -0.15) is 5.10 Å². The third kappa shape index (κ3) is 4.06. The Bertz CT molecular complexity index is 376. The van der Waals surface area contributed by atoms with E-state index in [1.807, 2.05) is 0 Å². The highest BCUT2D eigenvalue weighted by molar-refractivity contribution is 5.87. The van der Waals surface area contributed by atoms with Crippen molar-refractivity contribution >= 4 is 5.71 Å². The van der Waals surface area contributed by atoms with Crippen molar-refractivity contribution in [2.75, 3.05) is 6.54 Å². The topological polar surface area (TPSA) is 70.6 Å². The molecule has 2 aliphatic rings. The zero-order valence-corrected chi connectivity index (χ0v) is 12.7. The number of nitrogens with one attached hydrogen (secondary N) is 1. The molecule has 4 nitrogen and oxygen atoms in total. The van der Waals surface area contributed by atoms with Crippen LogP contribution in [0.25, 0.3) is 0 Å². The van der Waals surface area contributed by atoms with Crippen LogP contribution in [0.4, 0.5) is 0 Å². The number of hydrazone groups is 1. The van der Waals surface area contributed by atoms with E-state index < -0.39 is 0 Å². The molecule has 1 aliphatic carbocycles. The minimum atomic E-state index is -0.118. The van der Waals surface area contributed by atoms with Crippen LogP contribution in [0.1, 0.15) is 64.7 Å². The zero-order valence-electron chi connectivity index (χ0n) is 12.7. The molecule has 1 fully saturated rings. The molecular formula is C16H29N3O. The first kappa shape index (κ1) is 15.5. The lowest BCUT2D eigenvalue weighted by Gasteiger charge is -2.31. The second-order valence-corrected chi connectivity index (χ2v) is 6.14. The van der Waals surface area contributed by atoms with Gasteiger partial charge in [0.25, 0.3) is 0 Å². The lowest BCUT2D eigenvalue weighted by Crippen LogP contribution is -2.29. The molecule has 0 spiro atoms. The van der Waals surface area contributed by atoms with E-state index in [-0.39, 0.29) is 6.10 Å². The number of aliphatic hydroxyl groups is 1. The molecule has 0 bridgehead atoms. The van der Waals surface area contributed by atoms with Gasteiger partial charge in [0, 0.05) is 17.3 Å². The number of nitrogens with two attached hydrogens (primary N) is 1. The summed E-state index contributed by atoms with van der Waals surface area (Å²) in [6, 6.07) is 0.